The number of esters is 3. The summed E-state index contributed by atoms with van der Waals surface area (Å²) in [5.41, 5.74) is 2.53. The van der Waals surface area contributed by atoms with Crippen molar-refractivity contribution in [2.45, 2.75) is 70.5 Å². The number of ether oxygens (including phenoxy) is 3. The molecule has 1 aliphatic carbocycles. The van der Waals surface area contributed by atoms with Gasteiger partial charge in [0.05, 0.1) is 7.11 Å². The number of amides is 2. The second-order valence-corrected chi connectivity index (χ2v) is 8.85. The van der Waals surface area contributed by atoms with Gasteiger partial charge in [-0.25, -0.2) is 4.79 Å². The summed E-state index contributed by atoms with van der Waals surface area (Å²) >= 11 is 0. The van der Waals surface area contributed by atoms with Crippen LogP contribution in [0.3, 0.4) is 0 Å². The van der Waals surface area contributed by atoms with Crippen LogP contribution in [0.4, 0.5) is 0 Å². The average Bonchev–Trinajstić information content (AvgIpc) is 3.17. The zero-order chi connectivity index (χ0) is 25.5. The SMILES string of the molecule is COC(=O)[C@H](COC(C)=O)NC(=O)[C@H](COC(C)=O)N1Cc2c(cccc2C2CCCCC2)C1=O. The summed E-state index contributed by atoms with van der Waals surface area (Å²) in [6.45, 7) is 1.74. The van der Waals surface area contributed by atoms with Crippen molar-refractivity contribution in [3.8, 4) is 0 Å². The van der Waals surface area contributed by atoms with Crippen molar-refractivity contribution in [3.63, 3.8) is 0 Å². The molecule has 0 unspecified atom stereocenters. The van der Waals surface area contributed by atoms with E-state index in [1.54, 1.807) is 6.07 Å². The van der Waals surface area contributed by atoms with Gasteiger partial charge in [0.2, 0.25) is 5.91 Å². The molecule has 1 aromatic rings. The van der Waals surface area contributed by atoms with Crippen molar-refractivity contribution < 1.29 is 38.2 Å². The van der Waals surface area contributed by atoms with Gasteiger partial charge in [-0.15, -0.1) is 0 Å². The summed E-state index contributed by atoms with van der Waals surface area (Å²) in [6.07, 6.45) is 5.59. The third-order valence-corrected chi connectivity index (χ3v) is 6.46. The maximum absolute atomic E-state index is 13.4. The number of hydrogen-bond acceptors (Lipinski definition) is 8. The van der Waals surface area contributed by atoms with Gasteiger partial charge in [-0.05, 0) is 36.0 Å². The molecule has 3 rings (SSSR count). The Bertz CT molecular complexity index is 986. The molecule has 0 spiro atoms. The lowest BCUT2D eigenvalue weighted by Crippen LogP contribution is -2.55. The zero-order valence-corrected chi connectivity index (χ0v) is 20.3. The molecule has 35 heavy (non-hydrogen) atoms. The summed E-state index contributed by atoms with van der Waals surface area (Å²) in [6, 6.07) is 3.16. The lowest BCUT2D eigenvalue weighted by molar-refractivity contribution is -0.153. The van der Waals surface area contributed by atoms with E-state index >= 15 is 0 Å². The number of nitrogens with zero attached hydrogens (tertiary/aromatic N) is 1. The molecule has 1 fully saturated rings. The average molecular weight is 489 g/mol. The molecule has 1 N–H and O–H groups in total. The van der Waals surface area contributed by atoms with Crippen molar-refractivity contribution in [2.24, 2.45) is 0 Å². The van der Waals surface area contributed by atoms with Crippen LogP contribution in [0.15, 0.2) is 18.2 Å². The summed E-state index contributed by atoms with van der Waals surface area (Å²) in [5, 5.41) is 2.47. The number of methoxy groups -OCH3 is 1. The van der Waals surface area contributed by atoms with Crippen LogP contribution in [0.5, 0.6) is 0 Å². The zero-order valence-electron chi connectivity index (χ0n) is 20.3. The summed E-state index contributed by atoms with van der Waals surface area (Å²) in [7, 11) is 1.14. The van der Waals surface area contributed by atoms with Crippen molar-refractivity contribution in [1.29, 1.82) is 0 Å². The molecule has 1 saturated carbocycles. The minimum atomic E-state index is -1.28. The number of nitrogens with one attached hydrogen (secondary N) is 1. The maximum Gasteiger partial charge on any atom is 0.331 e. The lowest BCUT2D eigenvalue weighted by Gasteiger charge is -2.28. The molecule has 0 aromatic heterocycles. The van der Waals surface area contributed by atoms with E-state index in [1.165, 1.54) is 25.2 Å². The number of benzene rings is 1. The van der Waals surface area contributed by atoms with Gasteiger partial charge in [0, 0.05) is 26.0 Å². The van der Waals surface area contributed by atoms with Crippen LogP contribution in [0.2, 0.25) is 0 Å². The molecule has 10 nitrogen and oxygen atoms in total. The number of hydrogen-bond donors (Lipinski definition) is 1. The van der Waals surface area contributed by atoms with Crippen molar-refractivity contribution in [1.82, 2.24) is 10.2 Å². The molecular formula is C25H32N2O8. The van der Waals surface area contributed by atoms with E-state index in [9.17, 15) is 24.0 Å². The second kappa shape index (κ2) is 11.8. The minimum absolute atomic E-state index is 0.188. The standard InChI is InChI=1S/C25H32N2O8/c1-15(28)34-13-21(25(32)33-3)26-23(30)22(14-35-16(2)29)27-12-20-18(17-8-5-4-6-9-17)10-7-11-19(20)24(27)31/h7,10-11,17,21-22H,4-6,8-9,12-14H2,1-3H3,(H,26,30)/t21-,22-/m0/s1. The van der Waals surface area contributed by atoms with Crippen molar-refractivity contribution in [2.75, 3.05) is 20.3 Å². The maximum atomic E-state index is 13.4. The van der Waals surface area contributed by atoms with Crippen LogP contribution in [0, 0.1) is 0 Å². The Morgan fingerprint density at radius 1 is 1.03 bits per heavy atom. The Labute approximate surface area is 204 Å². The summed E-state index contributed by atoms with van der Waals surface area (Å²) in [4.78, 5) is 62.8. The molecule has 2 amide bonds. The fourth-order valence-electron chi connectivity index (χ4n) is 4.71. The van der Waals surface area contributed by atoms with Gasteiger partial charge in [0.15, 0.2) is 6.04 Å². The molecule has 190 valence electrons. The molecule has 1 aromatic carbocycles. The fourth-order valence-corrected chi connectivity index (χ4v) is 4.71. The van der Waals surface area contributed by atoms with Crippen molar-refractivity contribution in [3.05, 3.63) is 34.9 Å². The largest absolute Gasteiger partial charge is 0.467 e. The summed E-state index contributed by atoms with van der Waals surface area (Å²) < 4.78 is 14.7. The predicted molar refractivity (Wildman–Crippen MR) is 123 cm³/mol. The van der Waals surface area contributed by atoms with E-state index in [1.807, 2.05) is 12.1 Å². The molecule has 0 bridgehead atoms. The molecule has 2 atom stereocenters. The highest BCUT2D eigenvalue weighted by molar-refractivity contribution is 6.02. The van der Waals surface area contributed by atoms with Crippen LogP contribution in [0.25, 0.3) is 0 Å². The van der Waals surface area contributed by atoms with E-state index in [0.29, 0.717) is 11.5 Å². The smallest absolute Gasteiger partial charge is 0.331 e. The first-order chi connectivity index (χ1) is 16.7. The van der Waals surface area contributed by atoms with Crippen LogP contribution in [0.1, 0.15) is 73.4 Å². The number of fused-ring (bicyclic) bond motifs is 1. The summed E-state index contributed by atoms with van der Waals surface area (Å²) in [5.74, 6) is -2.78. The van der Waals surface area contributed by atoms with E-state index in [-0.39, 0.29) is 19.1 Å². The van der Waals surface area contributed by atoms with Crippen molar-refractivity contribution >= 4 is 29.7 Å². The third kappa shape index (κ3) is 6.37. The van der Waals surface area contributed by atoms with Gasteiger partial charge >= 0.3 is 17.9 Å². The topological polar surface area (TPSA) is 128 Å². The highest BCUT2D eigenvalue weighted by Gasteiger charge is 2.40. The molecule has 10 heteroatoms. The van der Waals surface area contributed by atoms with Gasteiger partial charge in [-0.1, -0.05) is 31.4 Å². The minimum Gasteiger partial charge on any atom is -0.467 e. The molecule has 0 saturated heterocycles. The Morgan fingerprint density at radius 2 is 1.69 bits per heavy atom. The number of carbonyl (C=O) groups excluding carboxylic acids is 5. The molecule has 0 radical (unpaired) electrons. The van der Waals surface area contributed by atoms with Gasteiger partial charge in [0.25, 0.3) is 5.91 Å². The second-order valence-electron chi connectivity index (χ2n) is 8.85. The Balaban J connectivity index is 1.85. The molecule has 1 heterocycles. The molecular weight excluding hydrogens is 456 g/mol. The van der Waals surface area contributed by atoms with Gasteiger partial charge in [-0.3, -0.25) is 19.2 Å². The number of rotatable bonds is 9. The van der Waals surface area contributed by atoms with Crippen LogP contribution in [-0.4, -0.2) is 67.0 Å². The molecule has 2 aliphatic rings. The quantitative estimate of drug-likeness (QED) is 0.412. The van der Waals surface area contributed by atoms with Gasteiger partial charge in [0.1, 0.15) is 19.3 Å². The Hall–Kier alpha value is -3.43. The monoisotopic (exact) mass is 488 g/mol. The first-order valence-electron chi connectivity index (χ1n) is 11.8. The highest BCUT2D eigenvalue weighted by Crippen LogP contribution is 2.38. The Morgan fingerprint density at radius 3 is 2.31 bits per heavy atom. The van der Waals surface area contributed by atoms with E-state index in [4.69, 9.17) is 14.2 Å². The normalized spacial score (nSPS) is 17.2. The number of carbonyl (C=O) groups is 5. The van der Waals surface area contributed by atoms with Crippen LogP contribution in [-0.2, 0) is 39.9 Å². The van der Waals surface area contributed by atoms with Gasteiger partial charge < -0.3 is 24.4 Å². The highest BCUT2D eigenvalue weighted by atomic mass is 16.5. The third-order valence-electron chi connectivity index (χ3n) is 6.46. The van der Waals surface area contributed by atoms with Gasteiger partial charge in [-0.2, -0.15) is 0 Å². The first kappa shape index (κ1) is 26.2. The fraction of sp³-hybridized carbons (Fsp3) is 0.560. The molecule has 1 aliphatic heterocycles. The van der Waals surface area contributed by atoms with E-state index in [2.05, 4.69) is 5.32 Å². The van der Waals surface area contributed by atoms with E-state index < -0.39 is 42.5 Å². The van der Waals surface area contributed by atoms with E-state index in [0.717, 1.165) is 43.9 Å². The Kier molecular flexibility index (Phi) is 8.84. The first-order valence-corrected chi connectivity index (χ1v) is 11.8. The van der Waals surface area contributed by atoms with Crippen LogP contribution < -0.4 is 5.32 Å². The predicted octanol–water partition coefficient (Wildman–Crippen LogP) is 1.84. The lowest BCUT2D eigenvalue weighted by atomic mass is 9.81. The van der Waals surface area contributed by atoms with Crippen LogP contribution >= 0.6 is 0 Å².